The first-order valence-electron chi connectivity index (χ1n) is 8.85. The first-order valence-corrected chi connectivity index (χ1v) is 8.85. The maximum Gasteiger partial charge on any atom is 0.258 e. The Hall–Kier alpha value is -2.33. The van der Waals surface area contributed by atoms with Crippen LogP contribution in [0.3, 0.4) is 0 Å². The second kappa shape index (κ2) is 7.28. The van der Waals surface area contributed by atoms with Crippen LogP contribution >= 0.6 is 0 Å². The van der Waals surface area contributed by atoms with Crippen molar-refractivity contribution in [1.29, 1.82) is 0 Å². The van der Waals surface area contributed by atoms with Gasteiger partial charge in [-0.25, -0.2) is 0 Å². The minimum Gasteiger partial charge on any atom is -0.385 e. The molecule has 2 aromatic carbocycles. The first kappa shape index (κ1) is 17.5. The molecule has 0 aliphatic carbocycles. The summed E-state index contributed by atoms with van der Waals surface area (Å²) in [5.74, 6) is 0.262. The third-order valence-corrected chi connectivity index (χ3v) is 4.93. The van der Waals surface area contributed by atoms with Gasteiger partial charge in [0.2, 0.25) is 0 Å². The van der Waals surface area contributed by atoms with Gasteiger partial charge in [0.1, 0.15) is 5.66 Å². The number of amides is 1. The van der Waals surface area contributed by atoms with Gasteiger partial charge in [-0.2, -0.15) is 0 Å². The van der Waals surface area contributed by atoms with E-state index in [1.807, 2.05) is 47.4 Å². The van der Waals surface area contributed by atoms with E-state index in [2.05, 4.69) is 31.3 Å². The Morgan fingerprint density at radius 3 is 2.44 bits per heavy atom. The fourth-order valence-electron chi connectivity index (χ4n) is 3.71. The molecule has 25 heavy (non-hydrogen) atoms. The van der Waals surface area contributed by atoms with E-state index in [1.165, 1.54) is 0 Å². The number of carbonyl (C=O) groups excluding carboxylic acids is 1. The molecule has 3 rings (SSSR count). The van der Waals surface area contributed by atoms with Crippen molar-refractivity contribution in [2.75, 3.05) is 25.6 Å². The zero-order valence-electron chi connectivity index (χ0n) is 15.2. The van der Waals surface area contributed by atoms with Gasteiger partial charge in [0.15, 0.2) is 0 Å². The van der Waals surface area contributed by atoms with Crippen LogP contribution in [0.2, 0.25) is 0 Å². The van der Waals surface area contributed by atoms with Crippen molar-refractivity contribution in [2.24, 2.45) is 5.92 Å². The number of benzene rings is 2. The van der Waals surface area contributed by atoms with E-state index in [0.717, 1.165) is 23.2 Å². The van der Waals surface area contributed by atoms with Gasteiger partial charge in [0, 0.05) is 25.9 Å². The molecular formula is C21H26N2O2. The molecule has 1 amide bonds. The second-order valence-corrected chi connectivity index (χ2v) is 6.76. The smallest absolute Gasteiger partial charge is 0.258 e. The maximum absolute atomic E-state index is 13.3. The number of methoxy groups -OCH3 is 1. The Morgan fingerprint density at radius 2 is 1.76 bits per heavy atom. The van der Waals surface area contributed by atoms with E-state index in [9.17, 15) is 4.79 Å². The molecule has 1 aliphatic rings. The number of nitrogens with one attached hydrogen (secondary N) is 1. The molecule has 1 atom stereocenters. The third kappa shape index (κ3) is 3.02. The first-order chi connectivity index (χ1) is 12.1. The highest BCUT2D eigenvalue weighted by molar-refractivity contribution is 6.02. The predicted octanol–water partition coefficient (Wildman–Crippen LogP) is 4.10. The van der Waals surface area contributed by atoms with Gasteiger partial charge in [-0.3, -0.25) is 4.79 Å². The average molecular weight is 338 g/mol. The number of carbonyl (C=O) groups is 1. The van der Waals surface area contributed by atoms with Crippen LogP contribution in [0, 0.1) is 5.92 Å². The maximum atomic E-state index is 13.3. The van der Waals surface area contributed by atoms with E-state index in [0.29, 0.717) is 13.2 Å². The molecule has 0 bridgehead atoms. The van der Waals surface area contributed by atoms with Gasteiger partial charge < -0.3 is 15.0 Å². The summed E-state index contributed by atoms with van der Waals surface area (Å²) >= 11 is 0. The molecule has 1 aliphatic heterocycles. The number of fused-ring (bicyclic) bond motifs is 1. The van der Waals surface area contributed by atoms with Gasteiger partial charge in [0.25, 0.3) is 5.91 Å². The lowest BCUT2D eigenvalue weighted by Gasteiger charge is -2.51. The molecule has 132 valence electrons. The normalized spacial score (nSPS) is 19.7. The number of nitrogens with zero attached hydrogens (tertiary/aromatic N) is 1. The summed E-state index contributed by atoms with van der Waals surface area (Å²) in [5.41, 5.74) is 2.16. The number of hydrogen-bond donors (Lipinski definition) is 1. The van der Waals surface area contributed by atoms with Crippen molar-refractivity contribution in [3.05, 3.63) is 65.7 Å². The molecule has 0 radical (unpaired) electrons. The summed E-state index contributed by atoms with van der Waals surface area (Å²) in [6.07, 6.45) is 0.799. The van der Waals surface area contributed by atoms with Crippen LogP contribution in [0.15, 0.2) is 54.6 Å². The van der Waals surface area contributed by atoms with Crippen molar-refractivity contribution in [3.8, 4) is 0 Å². The van der Waals surface area contributed by atoms with Crippen LogP contribution in [-0.4, -0.2) is 31.1 Å². The van der Waals surface area contributed by atoms with Crippen LogP contribution in [0.1, 0.15) is 36.2 Å². The SMILES string of the molecule is COCCCN1C(=O)c2ccccc2NC1(c1ccccc1)C(C)C. The fraction of sp³-hybridized carbons (Fsp3) is 0.381. The van der Waals surface area contributed by atoms with Gasteiger partial charge >= 0.3 is 0 Å². The van der Waals surface area contributed by atoms with E-state index in [4.69, 9.17) is 4.74 Å². The minimum atomic E-state index is -0.569. The third-order valence-electron chi connectivity index (χ3n) is 4.93. The number of hydrogen-bond acceptors (Lipinski definition) is 3. The van der Waals surface area contributed by atoms with Crippen LogP contribution in [-0.2, 0) is 10.4 Å². The monoisotopic (exact) mass is 338 g/mol. The summed E-state index contributed by atoms with van der Waals surface area (Å²) in [6, 6.07) is 18.0. The Kier molecular flexibility index (Phi) is 5.09. The van der Waals surface area contributed by atoms with Crippen molar-refractivity contribution < 1.29 is 9.53 Å². The molecule has 0 fully saturated rings. The molecule has 4 nitrogen and oxygen atoms in total. The molecule has 0 aromatic heterocycles. The van der Waals surface area contributed by atoms with Crippen LogP contribution < -0.4 is 5.32 Å². The molecular weight excluding hydrogens is 312 g/mol. The summed E-state index contributed by atoms with van der Waals surface area (Å²) in [4.78, 5) is 15.3. The van der Waals surface area contributed by atoms with Gasteiger partial charge in [-0.15, -0.1) is 0 Å². The lowest BCUT2D eigenvalue weighted by atomic mass is 9.83. The Balaban J connectivity index is 2.13. The molecule has 4 heteroatoms. The highest BCUT2D eigenvalue weighted by Gasteiger charge is 2.47. The number of para-hydroxylation sites is 1. The van der Waals surface area contributed by atoms with Crippen LogP contribution in [0.5, 0.6) is 0 Å². The summed E-state index contributed by atoms with van der Waals surface area (Å²) in [7, 11) is 1.69. The van der Waals surface area contributed by atoms with E-state index < -0.39 is 5.66 Å². The average Bonchev–Trinajstić information content (AvgIpc) is 2.64. The number of ether oxygens (including phenoxy) is 1. The van der Waals surface area contributed by atoms with Gasteiger partial charge in [0.05, 0.1) is 5.56 Å². The van der Waals surface area contributed by atoms with Crippen LogP contribution in [0.4, 0.5) is 5.69 Å². The van der Waals surface area contributed by atoms with Crippen molar-refractivity contribution in [3.63, 3.8) is 0 Å². The number of anilines is 1. The van der Waals surface area contributed by atoms with Gasteiger partial charge in [-0.1, -0.05) is 56.3 Å². The lowest BCUT2D eigenvalue weighted by Crippen LogP contribution is -2.60. The second-order valence-electron chi connectivity index (χ2n) is 6.76. The zero-order valence-corrected chi connectivity index (χ0v) is 15.2. The molecule has 0 saturated heterocycles. The molecule has 0 saturated carbocycles. The quantitative estimate of drug-likeness (QED) is 0.806. The van der Waals surface area contributed by atoms with E-state index >= 15 is 0 Å². The lowest BCUT2D eigenvalue weighted by molar-refractivity contribution is 0.0322. The number of rotatable bonds is 6. The van der Waals surface area contributed by atoms with E-state index in [1.54, 1.807) is 7.11 Å². The Labute approximate surface area is 149 Å². The zero-order chi connectivity index (χ0) is 17.9. The molecule has 0 spiro atoms. The summed E-state index contributed by atoms with van der Waals surface area (Å²) in [6.45, 7) is 5.59. The standard InChI is InChI=1S/C21H26N2O2/c1-16(2)21(17-10-5-4-6-11-17)22-19-13-8-7-12-18(19)20(24)23(21)14-9-15-25-3/h4-8,10-13,16,22H,9,14-15H2,1-3H3. The highest BCUT2D eigenvalue weighted by atomic mass is 16.5. The van der Waals surface area contributed by atoms with Crippen molar-refractivity contribution in [1.82, 2.24) is 4.90 Å². The molecule has 2 aromatic rings. The minimum absolute atomic E-state index is 0.0722. The summed E-state index contributed by atoms with van der Waals surface area (Å²) < 4.78 is 5.21. The Morgan fingerprint density at radius 1 is 1.08 bits per heavy atom. The van der Waals surface area contributed by atoms with Crippen molar-refractivity contribution in [2.45, 2.75) is 25.9 Å². The van der Waals surface area contributed by atoms with Crippen molar-refractivity contribution >= 4 is 11.6 Å². The fourth-order valence-corrected chi connectivity index (χ4v) is 3.71. The van der Waals surface area contributed by atoms with E-state index in [-0.39, 0.29) is 11.8 Å². The molecule has 1 heterocycles. The molecule has 1 unspecified atom stereocenters. The highest BCUT2D eigenvalue weighted by Crippen LogP contribution is 2.42. The van der Waals surface area contributed by atoms with Crippen LogP contribution in [0.25, 0.3) is 0 Å². The van der Waals surface area contributed by atoms with Gasteiger partial charge in [-0.05, 0) is 30.0 Å². The largest absolute Gasteiger partial charge is 0.385 e. The Bertz CT molecular complexity index is 730. The topological polar surface area (TPSA) is 41.6 Å². The predicted molar refractivity (Wildman–Crippen MR) is 101 cm³/mol. The molecule has 1 N–H and O–H groups in total. The summed E-state index contributed by atoms with van der Waals surface area (Å²) in [5, 5.41) is 3.70.